The van der Waals surface area contributed by atoms with Crippen molar-refractivity contribution in [2.24, 2.45) is 5.92 Å². The summed E-state index contributed by atoms with van der Waals surface area (Å²) < 4.78 is 28.0. The van der Waals surface area contributed by atoms with Crippen LogP contribution < -0.4 is 0 Å². The predicted octanol–water partition coefficient (Wildman–Crippen LogP) is 2.72. The van der Waals surface area contributed by atoms with E-state index in [4.69, 9.17) is 23.7 Å². The van der Waals surface area contributed by atoms with Crippen molar-refractivity contribution >= 4 is 29.7 Å². The van der Waals surface area contributed by atoms with Crippen molar-refractivity contribution in [3.8, 4) is 0 Å². The van der Waals surface area contributed by atoms with Crippen LogP contribution in [-0.2, 0) is 44.7 Å². The quantitative estimate of drug-likeness (QED) is 0.390. The SMILES string of the molecule is CCSC1O[C@H](COC(C)=O)[C@@H](OC(C)=O)[C@H](CC(=O)OC)[C@H]1OCc1ccccc1. The van der Waals surface area contributed by atoms with Crippen LogP contribution in [0.1, 0.15) is 32.8 Å². The van der Waals surface area contributed by atoms with Crippen molar-refractivity contribution in [3.05, 3.63) is 35.9 Å². The average Bonchev–Trinajstić information content (AvgIpc) is 2.74. The molecule has 31 heavy (non-hydrogen) atoms. The molecular formula is C22H30O8S. The summed E-state index contributed by atoms with van der Waals surface area (Å²) in [5.41, 5.74) is 0.515. The van der Waals surface area contributed by atoms with E-state index in [0.717, 1.165) is 11.3 Å². The maximum Gasteiger partial charge on any atom is 0.306 e. The van der Waals surface area contributed by atoms with Crippen LogP contribution in [0.15, 0.2) is 30.3 Å². The second-order valence-corrected chi connectivity index (χ2v) is 8.46. The number of carbonyl (C=O) groups excluding carboxylic acids is 3. The van der Waals surface area contributed by atoms with Crippen LogP contribution in [0.2, 0.25) is 0 Å². The number of hydrogen-bond donors (Lipinski definition) is 0. The van der Waals surface area contributed by atoms with Crippen LogP contribution in [0.3, 0.4) is 0 Å². The molecule has 1 aliphatic rings. The van der Waals surface area contributed by atoms with E-state index in [1.807, 2.05) is 37.3 Å². The van der Waals surface area contributed by atoms with Crippen molar-refractivity contribution in [1.29, 1.82) is 0 Å². The van der Waals surface area contributed by atoms with Crippen molar-refractivity contribution in [1.82, 2.24) is 0 Å². The van der Waals surface area contributed by atoms with E-state index < -0.39 is 47.6 Å². The molecule has 0 spiro atoms. The van der Waals surface area contributed by atoms with Gasteiger partial charge in [-0.1, -0.05) is 37.3 Å². The Kier molecular flexibility index (Phi) is 10.3. The van der Waals surface area contributed by atoms with Crippen LogP contribution in [0.25, 0.3) is 0 Å². The van der Waals surface area contributed by atoms with Gasteiger partial charge in [0.25, 0.3) is 0 Å². The Morgan fingerprint density at radius 2 is 1.77 bits per heavy atom. The molecule has 5 atom stereocenters. The van der Waals surface area contributed by atoms with Gasteiger partial charge in [0.2, 0.25) is 0 Å². The van der Waals surface area contributed by atoms with E-state index in [1.165, 1.54) is 32.7 Å². The van der Waals surface area contributed by atoms with Gasteiger partial charge < -0.3 is 23.7 Å². The van der Waals surface area contributed by atoms with Crippen molar-refractivity contribution in [2.45, 2.75) is 57.5 Å². The molecule has 172 valence electrons. The Bertz CT molecular complexity index is 725. The van der Waals surface area contributed by atoms with Gasteiger partial charge in [-0.15, -0.1) is 11.8 Å². The number of hydrogen-bond acceptors (Lipinski definition) is 9. The van der Waals surface area contributed by atoms with Crippen LogP contribution in [0.4, 0.5) is 0 Å². The maximum atomic E-state index is 12.2. The van der Waals surface area contributed by atoms with Gasteiger partial charge >= 0.3 is 17.9 Å². The van der Waals surface area contributed by atoms with Gasteiger partial charge in [0.15, 0.2) is 0 Å². The summed E-state index contributed by atoms with van der Waals surface area (Å²) in [6.45, 7) is 4.76. The van der Waals surface area contributed by atoms with Crippen molar-refractivity contribution in [3.63, 3.8) is 0 Å². The molecule has 8 nitrogen and oxygen atoms in total. The van der Waals surface area contributed by atoms with Gasteiger partial charge in [-0.2, -0.15) is 0 Å². The lowest BCUT2D eigenvalue weighted by Gasteiger charge is -2.45. The Morgan fingerprint density at radius 3 is 2.35 bits per heavy atom. The summed E-state index contributed by atoms with van der Waals surface area (Å²) in [6.07, 6.45) is -2.16. The Balaban J connectivity index is 2.34. The number of methoxy groups -OCH3 is 1. The average molecular weight is 455 g/mol. The second kappa shape index (κ2) is 12.7. The van der Waals surface area contributed by atoms with Gasteiger partial charge in [0, 0.05) is 19.8 Å². The summed E-state index contributed by atoms with van der Waals surface area (Å²) >= 11 is 1.51. The fraction of sp³-hybridized carbons (Fsp3) is 0.591. The Hall–Kier alpha value is -2.10. The van der Waals surface area contributed by atoms with Crippen LogP contribution in [0.5, 0.6) is 0 Å². The normalized spacial score (nSPS) is 25.5. The van der Waals surface area contributed by atoms with Gasteiger partial charge in [0.1, 0.15) is 30.4 Å². The number of esters is 3. The summed E-state index contributed by atoms with van der Waals surface area (Å²) in [5, 5.41) is 0. The van der Waals surface area contributed by atoms with E-state index in [9.17, 15) is 14.4 Å². The number of thioether (sulfide) groups is 1. The molecule has 0 radical (unpaired) electrons. The highest BCUT2D eigenvalue weighted by Gasteiger charge is 2.49. The molecule has 0 N–H and O–H groups in total. The molecule has 1 aromatic rings. The highest BCUT2D eigenvalue weighted by atomic mass is 32.2. The van der Waals surface area contributed by atoms with Crippen molar-refractivity contribution < 1.29 is 38.1 Å². The number of ether oxygens (including phenoxy) is 5. The van der Waals surface area contributed by atoms with E-state index in [1.54, 1.807) is 0 Å². The standard InChI is InChI=1S/C22H30O8S/c1-5-31-22-21(28-12-16-9-7-6-8-10-16)17(11-19(25)26-4)20(29-15(3)24)18(30-22)13-27-14(2)23/h6-10,17-18,20-22H,5,11-13H2,1-4H3/t17-,18+,20-,21+,22?/m0/s1. The first-order valence-corrected chi connectivity index (χ1v) is 11.2. The maximum absolute atomic E-state index is 12.2. The topological polar surface area (TPSA) is 97.4 Å². The Labute approximate surface area is 186 Å². The lowest BCUT2D eigenvalue weighted by molar-refractivity contribution is -0.219. The molecule has 9 heteroatoms. The molecule has 1 fully saturated rings. The first kappa shape index (κ1) is 25.2. The van der Waals surface area contributed by atoms with Gasteiger partial charge in [-0.3, -0.25) is 14.4 Å². The van der Waals surface area contributed by atoms with Crippen LogP contribution >= 0.6 is 11.8 Å². The lowest BCUT2D eigenvalue weighted by Crippen LogP contribution is -2.57. The summed E-state index contributed by atoms with van der Waals surface area (Å²) in [4.78, 5) is 35.4. The third kappa shape index (κ3) is 7.83. The fourth-order valence-electron chi connectivity index (χ4n) is 3.46. The zero-order valence-corrected chi connectivity index (χ0v) is 19.1. The highest BCUT2D eigenvalue weighted by Crippen LogP contribution is 2.38. The number of rotatable bonds is 10. The minimum atomic E-state index is -0.842. The summed E-state index contributed by atoms with van der Waals surface area (Å²) in [7, 11) is 1.30. The fourth-order valence-corrected chi connectivity index (χ4v) is 4.48. The van der Waals surface area contributed by atoms with E-state index >= 15 is 0 Å². The molecular weight excluding hydrogens is 424 g/mol. The molecule has 0 saturated carbocycles. The minimum absolute atomic E-state index is 0.0331. The molecule has 2 rings (SSSR count). The predicted molar refractivity (Wildman–Crippen MR) is 114 cm³/mol. The second-order valence-electron chi connectivity index (χ2n) is 7.08. The van der Waals surface area contributed by atoms with Crippen LogP contribution in [0, 0.1) is 5.92 Å². The zero-order valence-electron chi connectivity index (χ0n) is 18.3. The largest absolute Gasteiger partial charge is 0.469 e. The molecule has 1 heterocycles. The number of carbonyl (C=O) groups is 3. The van der Waals surface area contributed by atoms with E-state index in [2.05, 4.69) is 0 Å². The molecule has 1 aromatic carbocycles. The van der Waals surface area contributed by atoms with Crippen LogP contribution in [-0.4, -0.2) is 61.1 Å². The third-order valence-electron chi connectivity index (χ3n) is 4.79. The van der Waals surface area contributed by atoms with Gasteiger partial charge in [0.05, 0.1) is 20.1 Å². The molecule has 0 aliphatic carbocycles. The molecule has 0 aromatic heterocycles. The van der Waals surface area contributed by atoms with Crippen molar-refractivity contribution in [2.75, 3.05) is 19.5 Å². The lowest BCUT2D eigenvalue weighted by atomic mass is 9.86. The summed E-state index contributed by atoms with van der Waals surface area (Å²) in [5.74, 6) is -1.27. The number of benzene rings is 1. The first-order valence-electron chi connectivity index (χ1n) is 10.2. The van der Waals surface area contributed by atoms with Gasteiger partial charge in [-0.05, 0) is 11.3 Å². The molecule has 0 amide bonds. The molecule has 1 unspecified atom stereocenters. The highest BCUT2D eigenvalue weighted by molar-refractivity contribution is 7.99. The molecule has 1 saturated heterocycles. The van der Waals surface area contributed by atoms with Gasteiger partial charge in [-0.25, -0.2) is 0 Å². The molecule has 1 aliphatic heterocycles. The van der Waals surface area contributed by atoms with E-state index in [-0.39, 0.29) is 13.0 Å². The Morgan fingerprint density at radius 1 is 1.06 bits per heavy atom. The van der Waals surface area contributed by atoms with E-state index in [0.29, 0.717) is 6.61 Å². The summed E-state index contributed by atoms with van der Waals surface area (Å²) in [6, 6.07) is 9.62. The zero-order chi connectivity index (χ0) is 22.8. The monoisotopic (exact) mass is 454 g/mol. The smallest absolute Gasteiger partial charge is 0.306 e. The molecule has 0 bridgehead atoms. The first-order chi connectivity index (χ1) is 14.8. The minimum Gasteiger partial charge on any atom is -0.469 e. The third-order valence-corrected chi connectivity index (χ3v) is 5.83.